The van der Waals surface area contributed by atoms with E-state index in [0.717, 1.165) is 6.42 Å². The Labute approximate surface area is 76.6 Å². The van der Waals surface area contributed by atoms with Crippen LogP contribution in [0.15, 0.2) is 0 Å². The lowest BCUT2D eigenvalue weighted by atomic mass is 10.0. The van der Waals surface area contributed by atoms with Crippen molar-refractivity contribution in [3.05, 3.63) is 0 Å². The van der Waals surface area contributed by atoms with Gasteiger partial charge in [-0.1, -0.05) is 0 Å². The van der Waals surface area contributed by atoms with E-state index in [1.54, 1.807) is 6.92 Å². The third kappa shape index (κ3) is 1.53. The first-order valence-electron chi connectivity index (χ1n) is 4.68. The highest BCUT2D eigenvalue weighted by Crippen LogP contribution is 2.46. The molecule has 0 radical (unpaired) electrons. The minimum Gasteiger partial charge on any atom is -0.464 e. The van der Waals surface area contributed by atoms with Crippen LogP contribution in [0.25, 0.3) is 0 Å². The van der Waals surface area contributed by atoms with Gasteiger partial charge in [0.15, 0.2) is 0 Å². The van der Waals surface area contributed by atoms with Crippen molar-refractivity contribution in [1.29, 1.82) is 0 Å². The van der Waals surface area contributed by atoms with Crippen LogP contribution >= 0.6 is 0 Å². The van der Waals surface area contributed by atoms with Crippen molar-refractivity contribution in [2.45, 2.75) is 25.8 Å². The van der Waals surface area contributed by atoms with E-state index >= 15 is 0 Å². The Kier molecular flexibility index (Phi) is 1.98. The van der Waals surface area contributed by atoms with E-state index in [9.17, 15) is 9.59 Å². The van der Waals surface area contributed by atoms with Crippen LogP contribution in [0.2, 0.25) is 0 Å². The van der Waals surface area contributed by atoms with Gasteiger partial charge >= 0.3 is 5.97 Å². The Balaban J connectivity index is 1.98. The molecule has 1 N–H and O–H groups in total. The lowest BCUT2D eigenvalue weighted by Gasteiger charge is -2.20. The molecule has 1 aliphatic heterocycles. The van der Waals surface area contributed by atoms with Crippen molar-refractivity contribution in [1.82, 2.24) is 5.32 Å². The highest BCUT2D eigenvalue weighted by Gasteiger charge is 2.51. The molecule has 0 aromatic carbocycles. The molecule has 4 nitrogen and oxygen atoms in total. The second-order valence-electron chi connectivity index (χ2n) is 3.66. The summed E-state index contributed by atoms with van der Waals surface area (Å²) in [7, 11) is 0. The molecule has 1 saturated carbocycles. The number of fused-ring (bicyclic) bond motifs is 1. The summed E-state index contributed by atoms with van der Waals surface area (Å²) in [5.41, 5.74) is 0. The van der Waals surface area contributed by atoms with E-state index in [1.807, 2.05) is 0 Å². The summed E-state index contributed by atoms with van der Waals surface area (Å²) in [6, 6.07) is -0.369. The zero-order valence-electron chi connectivity index (χ0n) is 7.58. The summed E-state index contributed by atoms with van der Waals surface area (Å²) in [6.45, 7) is 2.15. The normalized spacial score (nSPS) is 36.1. The van der Waals surface area contributed by atoms with Crippen molar-refractivity contribution in [2.75, 3.05) is 6.61 Å². The molecule has 1 aliphatic carbocycles. The highest BCUT2D eigenvalue weighted by molar-refractivity contribution is 5.87. The number of piperidine rings is 1. The van der Waals surface area contributed by atoms with Gasteiger partial charge in [0, 0.05) is 6.42 Å². The van der Waals surface area contributed by atoms with Crippen molar-refractivity contribution < 1.29 is 14.3 Å². The van der Waals surface area contributed by atoms with Crippen LogP contribution in [0.4, 0.5) is 0 Å². The van der Waals surface area contributed by atoms with Gasteiger partial charge in [-0.3, -0.25) is 4.79 Å². The molecule has 2 aliphatic rings. The predicted molar refractivity (Wildman–Crippen MR) is 44.8 cm³/mol. The molecule has 1 heterocycles. The number of rotatable bonds is 2. The van der Waals surface area contributed by atoms with Crippen molar-refractivity contribution in [2.24, 2.45) is 11.8 Å². The second-order valence-corrected chi connectivity index (χ2v) is 3.66. The Morgan fingerprint density at radius 1 is 1.69 bits per heavy atom. The average molecular weight is 183 g/mol. The molecule has 0 aromatic rings. The molecule has 0 aromatic heterocycles. The van der Waals surface area contributed by atoms with Gasteiger partial charge in [-0.2, -0.15) is 0 Å². The number of nitrogens with one attached hydrogen (secondary N) is 1. The van der Waals surface area contributed by atoms with Gasteiger partial charge in [0.1, 0.15) is 6.04 Å². The number of esters is 1. The quantitative estimate of drug-likeness (QED) is 0.616. The molecule has 72 valence electrons. The summed E-state index contributed by atoms with van der Waals surface area (Å²) < 4.78 is 4.87. The predicted octanol–water partition coefficient (Wildman–Crippen LogP) is 0.0741. The number of amides is 1. The van der Waals surface area contributed by atoms with E-state index < -0.39 is 0 Å². The average Bonchev–Trinajstić information content (AvgIpc) is 2.81. The fourth-order valence-electron chi connectivity index (χ4n) is 1.96. The zero-order chi connectivity index (χ0) is 9.42. The van der Waals surface area contributed by atoms with Crippen LogP contribution < -0.4 is 5.32 Å². The molecule has 2 rings (SSSR count). The number of carbonyl (C=O) groups excluding carboxylic acids is 2. The summed E-state index contributed by atoms with van der Waals surface area (Å²) in [6.07, 6.45) is 1.57. The third-order valence-electron chi connectivity index (χ3n) is 2.71. The number of carbonyl (C=O) groups is 2. The third-order valence-corrected chi connectivity index (χ3v) is 2.71. The first kappa shape index (κ1) is 8.53. The topological polar surface area (TPSA) is 55.4 Å². The molecule has 3 unspecified atom stereocenters. The number of hydrogen-bond acceptors (Lipinski definition) is 3. The lowest BCUT2D eigenvalue weighted by Crippen LogP contribution is -2.46. The van der Waals surface area contributed by atoms with E-state index in [4.69, 9.17) is 4.74 Å². The van der Waals surface area contributed by atoms with Gasteiger partial charge in [-0.05, 0) is 25.2 Å². The highest BCUT2D eigenvalue weighted by atomic mass is 16.5. The Morgan fingerprint density at radius 3 is 3.15 bits per heavy atom. The molecule has 13 heavy (non-hydrogen) atoms. The van der Waals surface area contributed by atoms with E-state index in [2.05, 4.69) is 5.32 Å². The molecular weight excluding hydrogens is 170 g/mol. The Hall–Kier alpha value is -1.06. The standard InChI is InChI=1S/C9H13NO3/c1-2-13-9(12)8-6-3-5(6)4-7(11)10-8/h5-6,8H,2-4H2,1H3,(H,10,11). The first-order valence-corrected chi connectivity index (χ1v) is 4.68. The zero-order valence-corrected chi connectivity index (χ0v) is 7.58. The van der Waals surface area contributed by atoms with E-state index in [0.29, 0.717) is 24.9 Å². The Morgan fingerprint density at radius 2 is 2.46 bits per heavy atom. The van der Waals surface area contributed by atoms with Crippen LogP contribution in [0.5, 0.6) is 0 Å². The largest absolute Gasteiger partial charge is 0.464 e. The maximum Gasteiger partial charge on any atom is 0.328 e. The summed E-state index contributed by atoms with van der Waals surface area (Å²) >= 11 is 0. The van der Waals surface area contributed by atoms with Crippen LogP contribution in [-0.4, -0.2) is 24.5 Å². The molecule has 0 bridgehead atoms. The van der Waals surface area contributed by atoms with Gasteiger partial charge in [0.2, 0.25) is 5.91 Å². The van der Waals surface area contributed by atoms with Crippen LogP contribution in [-0.2, 0) is 14.3 Å². The number of ether oxygens (including phenoxy) is 1. The minimum absolute atomic E-state index is 0.0168. The molecule has 0 spiro atoms. The number of hydrogen-bond donors (Lipinski definition) is 1. The van der Waals surface area contributed by atoms with Gasteiger partial charge in [0.25, 0.3) is 0 Å². The van der Waals surface area contributed by atoms with Gasteiger partial charge in [-0.25, -0.2) is 4.79 Å². The van der Waals surface area contributed by atoms with Crippen LogP contribution in [0, 0.1) is 11.8 Å². The summed E-state index contributed by atoms with van der Waals surface area (Å²) in [5.74, 6) is 0.486. The van der Waals surface area contributed by atoms with E-state index in [-0.39, 0.29) is 17.9 Å². The second kappa shape index (κ2) is 3.01. The lowest BCUT2D eigenvalue weighted by molar-refractivity contribution is -0.149. The molecule has 1 saturated heterocycles. The van der Waals surface area contributed by atoms with Crippen LogP contribution in [0.1, 0.15) is 19.8 Å². The maximum absolute atomic E-state index is 11.3. The summed E-state index contributed by atoms with van der Waals surface area (Å²) in [4.78, 5) is 22.4. The fraction of sp³-hybridized carbons (Fsp3) is 0.778. The molecule has 1 amide bonds. The maximum atomic E-state index is 11.3. The minimum atomic E-state index is -0.369. The van der Waals surface area contributed by atoms with Gasteiger partial charge < -0.3 is 10.1 Å². The fourth-order valence-corrected chi connectivity index (χ4v) is 1.96. The van der Waals surface area contributed by atoms with Crippen molar-refractivity contribution >= 4 is 11.9 Å². The smallest absolute Gasteiger partial charge is 0.328 e. The molecular formula is C9H13NO3. The SMILES string of the molecule is CCOC(=O)C1NC(=O)CC2CC21. The van der Waals surface area contributed by atoms with Gasteiger partial charge in [0.05, 0.1) is 6.61 Å². The van der Waals surface area contributed by atoms with Crippen molar-refractivity contribution in [3.63, 3.8) is 0 Å². The van der Waals surface area contributed by atoms with Gasteiger partial charge in [-0.15, -0.1) is 0 Å². The Bertz CT molecular complexity index is 251. The first-order chi connectivity index (χ1) is 6.22. The molecule has 4 heteroatoms. The van der Waals surface area contributed by atoms with Crippen LogP contribution in [0.3, 0.4) is 0 Å². The van der Waals surface area contributed by atoms with E-state index in [1.165, 1.54) is 0 Å². The molecule has 3 atom stereocenters. The van der Waals surface area contributed by atoms with Crippen molar-refractivity contribution in [3.8, 4) is 0 Å². The molecule has 2 fully saturated rings. The summed E-state index contributed by atoms with van der Waals surface area (Å²) in [5, 5.41) is 2.68. The monoisotopic (exact) mass is 183 g/mol.